The fourth-order valence-corrected chi connectivity index (χ4v) is 2.62. The van der Waals surface area contributed by atoms with Gasteiger partial charge in [0, 0.05) is 37.4 Å². The standard InChI is InChI=1S/C22H25NO6/c1-23(2)22(25)21(15-9-7-6-8-10-15)29-20(24)12-11-16-13-18(27-4)19(28-5)14-17(16)26-3/h6-14,21H,1-5H3/b12-11+/t21-/m1/s1. The minimum Gasteiger partial charge on any atom is -0.496 e. The Labute approximate surface area is 170 Å². The molecule has 0 aliphatic rings. The Kier molecular flexibility index (Phi) is 7.65. The fraction of sp³-hybridized carbons (Fsp3) is 0.273. The van der Waals surface area contributed by atoms with E-state index in [9.17, 15) is 9.59 Å². The summed E-state index contributed by atoms with van der Waals surface area (Å²) in [5.74, 6) is 0.499. The molecule has 0 fully saturated rings. The first-order chi connectivity index (χ1) is 13.9. The van der Waals surface area contributed by atoms with E-state index in [2.05, 4.69) is 0 Å². The van der Waals surface area contributed by atoms with Gasteiger partial charge in [0.25, 0.3) is 5.91 Å². The van der Waals surface area contributed by atoms with Gasteiger partial charge in [-0.15, -0.1) is 0 Å². The second kappa shape index (κ2) is 10.2. The quantitative estimate of drug-likeness (QED) is 0.502. The van der Waals surface area contributed by atoms with Crippen LogP contribution >= 0.6 is 0 Å². The summed E-state index contributed by atoms with van der Waals surface area (Å²) in [5, 5.41) is 0. The summed E-state index contributed by atoms with van der Waals surface area (Å²) in [6, 6.07) is 12.2. The van der Waals surface area contributed by atoms with E-state index < -0.39 is 12.1 Å². The van der Waals surface area contributed by atoms with Crippen molar-refractivity contribution in [1.29, 1.82) is 0 Å². The third kappa shape index (κ3) is 5.51. The first kappa shape index (κ1) is 21.8. The van der Waals surface area contributed by atoms with Crippen molar-refractivity contribution in [2.45, 2.75) is 6.10 Å². The van der Waals surface area contributed by atoms with Crippen molar-refractivity contribution in [3.8, 4) is 17.2 Å². The molecular formula is C22H25NO6. The van der Waals surface area contributed by atoms with Crippen LogP contribution in [0.4, 0.5) is 0 Å². The van der Waals surface area contributed by atoms with E-state index in [4.69, 9.17) is 18.9 Å². The Morgan fingerprint density at radius 3 is 2.03 bits per heavy atom. The van der Waals surface area contributed by atoms with Gasteiger partial charge in [-0.25, -0.2) is 4.79 Å². The van der Waals surface area contributed by atoms with Crippen LogP contribution in [-0.2, 0) is 14.3 Å². The Morgan fingerprint density at radius 2 is 1.48 bits per heavy atom. The van der Waals surface area contributed by atoms with Crippen molar-refractivity contribution in [1.82, 2.24) is 4.90 Å². The number of ether oxygens (including phenoxy) is 4. The number of nitrogens with zero attached hydrogens (tertiary/aromatic N) is 1. The predicted molar refractivity (Wildman–Crippen MR) is 109 cm³/mol. The molecule has 0 saturated carbocycles. The summed E-state index contributed by atoms with van der Waals surface area (Å²) in [4.78, 5) is 26.3. The number of carbonyl (C=O) groups is 2. The molecule has 0 saturated heterocycles. The predicted octanol–water partition coefficient (Wildman–Crippen LogP) is 3.10. The zero-order valence-corrected chi connectivity index (χ0v) is 17.2. The van der Waals surface area contributed by atoms with E-state index in [1.165, 1.54) is 38.4 Å². The molecule has 2 rings (SSSR count). The topological polar surface area (TPSA) is 74.3 Å². The van der Waals surface area contributed by atoms with Gasteiger partial charge in [0.1, 0.15) is 5.75 Å². The van der Waals surface area contributed by atoms with E-state index in [-0.39, 0.29) is 5.91 Å². The van der Waals surface area contributed by atoms with Crippen LogP contribution in [0.2, 0.25) is 0 Å². The van der Waals surface area contributed by atoms with E-state index in [0.29, 0.717) is 28.4 Å². The van der Waals surface area contributed by atoms with Crippen LogP contribution < -0.4 is 14.2 Å². The van der Waals surface area contributed by atoms with Gasteiger partial charge in [0.15, 0.2) is 11.5 Å². The largest absolute Gasteiger partial charge is 0.496 e. The van der Waals surface area contributed by atoms with Gasteiger partial charge in [-0.2, -0.15) is 0 Å². The SMILES string of the molecule is COc1cc(OC)c(OC)cc1/C=C/C(=O)O[C@@H](C(=O)N(C)C)c1ccccc1. The smallest absolute Gasteiger partial charge is 0.331 e. The lowest BCUT2D eigenvalue weighted by Crippen LogP contribution is -2.30. The van der Waals surface area contributed by atoms with E-state index >= 15 is 0 Å². The van der Waals surface area contributed by atoms with Crippen molar-refractivity contribution in [3.63, 3.8) is 0 Å². The average Bonchev–Trinajstić information content (AvgIpc) is 2.75. The number of amides is 1. The Bertz CT molecular complexity index is 876. The Hall–Kier alpha value is -3.48. The molecule has 0 spiro atoms. The first-order valence-electron chi connectivity index (χ1n) is 8.86. The van der Waals surface area contributed by atoms with Crippen molar-refractivity contribution in [3.05, 3.63) is 59.7 Å². The van der Waals surface area contributed by atoms with Crippen LogP contribution in [0.25, 0.3) is 6.08 Å². The lowest BCUT2D eigenvalue weighted by Gasteiger charge is -2.20. The molecular weight excluding hydrogens is 374 g/mol. The monoisotopic (exact) mass is 399 g/mol. The molecule has 0 aliphatic heterocycles. The Balaban J connectivity index is 2.26. The molecule has 0 unspecified atom stereocenters. The van der Waals surface area contributed by atoms with Crippen LogP contribution in [0.5, 0.6) is 17.2 Å². The molecule has 1 amide bonds. The highest BCUT2D eigenvalue weighted by molar-refractivity contribution is 5.91. The highest BCUT2D eigenvalue weighted by Crippen LogP contribution is 2.35. The van der Waals surface area contributed by atoms with Gasteiger partial charge in [-0.1, -0.05) is 30.3 Å². The maximum absolute atomic E-state index is 12.5. The fourth-order valence-electron chi connectivity index (χ4n) is 2.62. The maximum atomic E-state index is 12.5. The van der Waals surface area contributed by atoms with Crippen molar-refractivity contribution < 1.29 is 28.5 Å². The summed E-state index contributed by atoms with van der Waals surface area (Å²) < 4.78 is 21.3. The minimum absolute atomic E-state index is 0.332. The summed E-state index contributed by atoms with van der Waals surface area (Å²) in [6.07, 6.45) is 1.74. The van der Waals surface area contributed by atoms with Gasteiger partial charge in [-0.05, 0) is 12.1 Å². The zero-order valence-electron chi connectivity index (χ0n) is 17.2. The number of hydrogen-bond acceptors (Lipinski definition) is 6. The van der Waals surface area contributed by atoms with Crippen molar-refractivity contribution >= 4 is 18.0 Å². The molecule has 2 aromatic rings. The third-order valence-electron chi connectivity index (χ3n) is 4.14. The van der Waals surface area contributed by atoms with E-state index in [0.717, 1.165) is 0 Å². The van der Waals surface area contributed by atoms with Crippen LogP contribution in [0, 0.1) is 0 Å². The Morgan fingerprint density at radius 1 is 0.897 bits per heavy atom. The molecule has 154 valence electrons. The van der Waals surface area contributed by atoms with Gasteiger partial charge in [0.05, 0.1) is 21.3 Å². The summed E-state index contributed by atoms with van der Waals surface area (Å²) in [7, 11) is 7.77. The molecule has 0 aromatic heterocycles. The van der Waals surface area contributed by atoms with Crippen molar-refractivity contribution in [2.75, 3.05) is 35.4 Å². The third-order valence-corrected chi connectivity index (χ3v) is 4.14. The molecule has 0 bridgehead atoms. The summed E-state index contributed by atoms with van der Waals surface area (Å²) >= 11 is 0. The minimum atomic E-state index is -1.03. The van der Waals surface area contributed by atoms with Crippen LogP contribution in [0.15, 0.2) is 48.5 Å². The number of benzene rings is 2. The molecule has 1 atom stereocenters. The summed E-state index contributed by atoms with van der Waals surface area (Å²) in [6.45, 7) is 0. The van der Waals surface area contributed by atoms with Crippen LogP contribution in [0.1, 0.15) is 17.2 Å². The molecule has 2 aromatic carbocycles. The normalized spacial score (nSPS) is 11.6. The lowest BCUT2D eigenvalue weighted by molar-refractivity contribution is -0.155. The molecule has 0 radical (unpaired) electrons. The number of carbonyl (C=O) groups excluding carboxylic acids is 2. The second-order valence-electron chi connectivity index (χ2n) is 6.24. The molecule has 29 heavy (non-hydrogen) atoms. The van der Waals surface area contributed by atoms with Gasteiger partial charge in [-0.3, -0.25) is 4.79 Å². The van der Waals surface area contributed by atoms with Gasteiger partial charge < -0.3 is 23.8 Å². The second-order valence-corrected chi connectivity index (χ2v) is 6.24. The summed E-state index contributed by atoms with van der Waals surface area (Å²) in [5.41, 5.74) is 1.19. The van der Waals surface area contributed by atoms with Crippen molar-refractivity contribution in [2.24, 2.45) is 0 Å². The number of hydrogen-bond donors (Lipinski definition) is 0. The number of likely N-dealkylation sites (N-methyl/N-ethyl adjacent to an activating group) is 1. The average molecular weight is 399 g/mol. The van der Waals surface area contributed by atoms with E-state index in [1.54, 1.807) is 50.5 Å². The van der Waals surface area contributed by atoms with E-state index in [1.807, 2.05) is 6.07 Å². The molecule has 7 nitrogen and oxygen atoms in total. The number of esters is 1. The van der Waals surface area contributed by atoms with Gasteiger partial charge in [0.2, 0.25) is 6.10 Å². The molecule has 7 heteroatoms. The molecule has 0 heterocycles. The zero-order chi connectivity index (χ0) is 21.4. The van der Waals surface area contributed by atoms with Crippen LogP contribution in [0.3, 0.4) is 0 Å². The number of methoxy groups -OCH3 is 3. The highest BCUT2D eigenvalue weighted by atomic mass is 16.5. The van der Waals surface area contributed by atoms with Gasteiger partial charge >= 0.3 is 5.97 Å². The number of rotatable bonds is 8. The highest BCUT2D eigenvalue weighted by Gasteiger charge is 2.25. The van der Waals surface area contributed by atoms with Crippen LogP contribution in [-0.4, -0.2) is 52.2 Å². The molecule has 0 N–H and O–H groups in total. The maximum Gasteiger partial charge on any atom is 0.331 e. The lowest BCUT2D eigenvalue weighted by atomic mass is 10.1. The molecule has 0 aliphatic carbocycles. The first-order valence-corrected chi connectivity index (χ1v) is 8.86.